The van der Waals surface area contributed by atoms with Crippen LogP contribution >= 0.6 is 0 Å². The Kier molecular flexibility index (Phi) is 7.60. The molecule has 0 aliphatic carbocycles. The number of rotatable bonds is 10. The fourth-order valence-electron chi connectivity index (χ4n) is 3.29. The predicted molar refractivity (Wildman–Crippen MR) is 118 cm³/mol. The van der Waals surface area contributed by atoms with Gasteiger partial charge in [0.15, 0.2) is 0 Å². The van der Waals surface area contributed by atoms with Gasteiger partial charge in [0.2, 0.25) is 0 Å². The highest BCUT2D eigenvalue weighted by Gasteiger charge is 2.13. The summed E-state index contributed by atoms with van der Waals surface area (Å²) >= 11 is 0. The molecule has 0 bridgehead atoms. The van der Waals surface area contributed by atoms with Gasteiger partial charge in [0.1, 0.15) is 12.0 Å². The van der Waals surface area contributed by atoms with Crippen LogP contribution in [0.15, 0.2) is 78.9 Å². The van der Waals surface area contributed by atoms with Gasteiger partial charge in [0.25, 0.3) is 0 Å². The van der Waals surface area contributed by atoms with Crippen molar-refractivity contribution in [3.05, 3.63) is 101 Å². The van der Waals surface area contributed by atoms with E-state index in [9.17, 15) is 4.79 Å². The average molecular weight is 388 g/mol. The minimum absolute atomic E-state index is 0.443. The third-order valence-electron chi connectivity index (χ3n) is 4.68. The summed E-state index contributed by atoms with van der Waals surface area (Å²) in [7, 11) is 0. The maximum atomic E-state index is 11.3. The second kappa shape index (κ2) is 10.6. The van der Waals surface area contributed by atoms with E-state index in [1.54, 1.807) is 0 Å². The van der Waals surface area contributed by atoms with E-state index in [0.717, 1.165) is 30.7 Å². The van der Waals surface area contributed by atoms with Gasteiger partial charge in [-0.2, -0.15) is 0 Å². The zero-order chi connectivity index (χ0) is 20.5. The Bertz CT molecular complexity index is 850. The molecule has 0 saturated heterocycles. The molecule has 3 aromatic carbocycles. The first-order valence-corrected chi connectivity index (χ1v) is 10.1. The van der Waals surface area contributed by atoms with Crippen LogP contribution in [0.4, 0.5) is 0 Å². The molecule has 29 heavy (non-hydrogen) atoms. The summed E-state index contributed by atoms with van der Waals surface area (Å²) in [6.07, 6.45) is 0.897. The molecule has 3 rings (SSSR count). The third kappa shape index (κ3) is 6.58. The van der Waals surface area contributed by atoms with Gasteiger partial charge in [-0.25, -0.2) is 0 Å². The Labute approximate surface area is 174 Å². The molecule has 0 atom stereocenters. The summed E-state index contributed by atoms with van der Waals surface area (Å²) < 4.78 is 6.06. The van der Waals surface area contributed by atoms with Gasteiger partial charge in [-0.1, -0.05) is 74.5 Å². The highest BCUT2D eigenvalue weighted by atomic mass is 16.5. The molecule has 0 N–H and O–H groups in total. The lowest BCUT2D eigenvalue weighted by Crippen LogP contribution is -2.23. The molecule has 0 aromatic heterocycles. The van der Waals surface area contributed by atoms with Crippen LogP contribution in [-0.4, -0.2) is 17.8 Å². The summed E-state index contributed by atoms with van der Waals surface area (Å²) in [5.74, 6) is 1.30. The Morgan fingerprint density at radius 1 is 0.828 bits per heavy atom. The highest BCUT2D eigenvalue weighted by molar-refractivity contribution is 5.75. The second-order valence-corrected chi connectivity index (χ2v) is 7.81. The van der Waals surface area contributed by atoms with Crippen LogP contribution in [0.1, 0.15) is 40.9 Å². The predicted octanol–water partition coefficient (Wildman–Crippen LogP) is 5.74. The number of ether oxygens (including phenoxy) is 1. The number of hydrogen-bond donors (Lipinski definition) is 0. The van der Waals surface area contributed by atoms with E-state index < -0.39 is 0 Å². The molecule has 0 aliphatic rings. The molecule has 150 valence electrons. The van der Waals surface area contributed by atoms with Gasteiger partial charge >= 0.3 is 0 Å². The molecule has 3 aromatic rings. The minimum atomic E-state index is 0.443. The van der Waals surface area contributed by atoms with Crippen molar-refractivity contribution in [2.45, 2.75) is 33.5 Å². The van der Waals surface area contributed by atoms with Gasteiger partial charge in [0.05, 0.1) is 6.61 Å². The van der Waals surface area contributed by atoms with Gasteiger partial charge in [0, 0.05) is 30.8 Å². The van der Waals surface area contributed by atoms with Crippen LogP contribution in [0, 0.1) is 5.92 Å². The summed E-state index contributed by atoms with van der Waals surface area (Å²) in [5.41, 5.74) is 4.25. The third-order valence-corrected chi connectivity index (χ3v) is 4.68. The van der Waals surface area contributed by atoms with Crippen LogP contribution in [0.2, 0.25) is 0 Å². The van der Waals surface area contributed by atoms with E-state index in [1.165, 1.54) is 11.1 Å². The summed E-state index contributed by atoms with van der Waals surface area (Å²) in [5, 5.41) is 0. The lowest BCUT2D eigenvalue weighted by Gasteiger charge is -2.24. The lowest BCUT2D eigenvalue weighted by atomic mass is 10.1. The van der Waals surface area contributed by atoms with Crippen molar-refractivity contribution < 1.29 is 9.53 Å². The molecule has 0 radical (unpaired) electrons. The van der Waals surface area contributed by atoms with Crippen LogP contribution < -0.4 is 4.74 Å². The van der Waals surface area contributed by atoms with Crippen molar-refractivity contribution in [3.63, 3.8) is 0 Å². The SMILES string of the molecule is CC(C)COc1ccc(C=O)cc1CN(Cc1ccccc1)Cc1ccccc1. The molecular weight excluding hydrogens is 358 g/mol. The van der Waals surface area contributed by atoms with E-state index in [4.69, 9.17) is 4.74 Å². The monoisotopic (exact) mass is 387 g/mol. The molecule has 0 aliphatic heterocycles. The quantitative estimate of drug-likeness (QED) is 0.416. The fraction of sp³-hybridized carbons (Fsp3) is 0.269. The van der Waals surface area contributed by atoms with Gasteiger partial charge in [-0.15, -0.1) is 0 Å². The van der Waals surface area contributed by atoms with E-state index in [0.29, 0.717) is 24.6 Å². The highest BCUT2D eigenvalue weighted by Crippen LogP contribution is 2.24. The van der Waals surface area contributed by atoms with Crippen molar-refractivity contribution >= 4 is 6.29 Å². The van der Waals surface area contributed by atoms with E-state index in [-0.39, 0.29) is 0 Å². The Hall–Kier alpha value is -2.91. The average Bonchev–Trinajstić information content (AvgIpc) is 2.74. The number of hydrogen-bond acceptors (Lipinski definition) is 3. The number of aldehydes is 1. The molecule has 0 fully saturated rings. The van der Waals surface area contributed by atoms with Crippen LogP contribution in [-0.2, 0) is 19.6 Å². The van der Waals surface area contributed by atoms with Crippen molar-refractivity contribution in [2.24, 2.45) is 5.92 Å². The molecule has 0 spiro atoms. The standard InChI is InChI=1S/C26H29NO2/c1-21(2)20-29-26-14-13-24(19-28)15-25(26)18-27(16-22-9-5-3-6-10-22)17-23-11-7-4-8-12-23/h3-15,19,21H,16-18,20H2,1-2H3. The largest absolute Gasteiger partial charge is 0.493 e. The zero-order valence-corrected chi connectivity index (χ0v) is 17.3. The molecule has 0 unspecified atom stereocenters. The van der Waals surface area contributed by atoms with Crippen LogP contribution in [0.3, 0.4) is 0 Å². The first kappa shape index (κ1) is 20.8. The molecule has 3 nitrogen and oxygen atoms in total. The number of benzene rings is 3. The maximum absolute atomic E-state index is 11.3. The lowest BCUT2D eigenvalue weighted by molar-refractivity contribution is 0.112. The maximum Gasteiger partial charge on any atom is 0.150 e. The molecule has 0 heterocycles. The molecule has 0 amide bonds. The molecule has 3 heteroatoms. The molecular formula is C26H29NO2. The Morgan fingerprint density at radius 2 is 1.41 bits per heavy atom. The first-order chi connectivity index (χ1) is 14.1. The number of nitrogens with zero attached hydrogens (tertiary/aromatic N) is 1. The van der Waals surface area contributed by atoms with Crippen molar-refractivity contribution in [1.82, 2.24) is 4.90 Å². The van der Waals surface area contributed by atoms with Gasteiger partial charge in [-0.3, -0.25) is 9.69 Å². The van der Waals surface area contributed by atoms with Crippen LogP contribution in [0.25, 0.3) is 0 Å². The van der Waals surface area contributed by atoms with E-state index >= 15 is 0 Å². The normalized spacial score (nSPS) is 11.0. The van der Waals surface area contributed by atoms with Gasteiger partial charge in [-0.05, 0) is 35.2 Å². The van der Waals surface area contributed by atoms with Crippen molar-refractivity contribution in [2.75, 3.05) is 6.61 Å². The summed E-state index contributed by atoms with van der Waals surface area (Å²) in [6, 6.07) is 26.6. The van der Waals surface area contributed by atoms with Crippen LogP contribution in [0.5, 0.6) is 5.75 Å². The van der Waals surface area contributed by atoms with Crippen molar-refractivity contribution in [1.29, 1.82) is 0 Å². The van der Waals surface area contributed by atoms with E-state index in [1.807, 2.05) is 30.3 Å². The number of carbonyl (C=O) groups is 1. The van der Waals surface area contributed by atoms with Crippen molar-refractivity contribution in [3.8, 4) is 5.75 Å². The van der Waals surface area contributed by atoms with Gasteiger partial charge < -0.3 is 4.74 Å². The Morgan fingerprint density at radius 3 is 1.93 bits per heavy atom. The smallest absolute Gasteiger partial charge is 0.150 e. The molecule has 0 saturated carbocycles. The topological polar surface area (TPSA) is 29.5 Å². The fourth-order valence-corrected chi connectivity index (χ4v) is 3.29. The Balaban J connectivity index is 1.86. The first-order valence-electron chi connectivity index (χ1n) is 10.1. The number of carbonyl (C=O) groups excluding carboxylic acids is 1. The minimum Gasteiger partial charge on any atom is -0.493 e. The zero-order valence-electron chi connectivity index (χ0n) is 17.3. The second-order valence-electron chi connectivity index (χ2n) is 7.81. The summed E-state index contributed by atoms with van der Waals surface area (Å²) in [4.78, 5) is 13.7. The summed E-state index contributed by atoms with van der Waals surface area (Å²) in [6.45, 7) is 7.28. The van der Waals surface area contributed by atoms with E-state index in [2.05, 4.69) is 67.3 Å².